The van der Waals surface area contributed by atoms with Gasteiger partial charge in [0, 0.05) is 0 Å². The van der Waals surface area contributed by atoms with Crippen LogP contribution in [-0.2, 0) is 0 Å². The Morgan fingerprint density at radius 3 is 2.42 bits per heavy atom. The number of nitrogens with two attached hydrogens (primary N) is 1. The zero-order valence-electron chi connectivity index (χ0n) is 11.8. The van der Waals surface area contributed by atoms with E-state index >= 15 is 0 Å². The summed E-state index contributed by atoms with van der Waals surface area (Å²) >= 11 is 5.11. The lowest BCUT2D eigenvalue weighted by Gasteiger charge is -2.27. The van der Waals surface area contributed by atoms with Crippen molar-refractivity contribution in [2.24, 2.45) is 11.7 Å². The van der Waals surface area contributed by atoms with E-state index in [4.69, 9.17) is 22.7 Å². The second kappa shape index (κ2) is 5.82. The van der Waals surface area contributed by atoms with Gasteiger partial charge in [0.25, 0.3) is 0 Å². The molecule has 0 aliphatic heterocycles. The van der Waals surface area contributed by atoms with Crippen molar-refractivity contribution in [1.29, 1.82) is 0 Å². The van der Waals surface area contributed by atoms with E-state index in [0.29, 0.717) is 10.9 Å². The van der Waals surface area contributed by atoms with Gasteiger partial charge in [-0.1, -0.05) is 19.1 Å². The minimum atomic E-state index is 0.209. The molecular weight excluding hydrogens is 258 g/mol. The Morgan fingerprint density at radius 1 is 1.21 bits per heavy atom. The highest BCUT2D eigenvalue weighted by Crippen LogP contribution is 2.28. The number of rotatable bonds is 3. The van der Waals surface area contributed by atoms with Gasteiger partial charge in [0.05, 0.1) is 11.3 Å². The molecule has 2 rings (SSSR count). The predicted molar refractivity (Wildman–Crippen MR) is 79.4 cm³/mol. The van der Waals surface area contributed by atoms with Gasteiger partial charge in [0.2, 0.25) is 5.88 Å². The van der Waals surface area contributed by atoms with Gasteiger partial charge >= 0.3 is 0 Å². The number of aryl methyl sites for hydroxylation is 1. The molecule has 1 aliphatic rings. The Bertz CT molecular complexity index is 482. The molecule has 2 N–H and O–H groups in total. The zero-order chi connectivity index (χ0) is 14.0. The summed E-state index contributed by atoms with van der Waals surface area (Å²) in [6, 6.07) is 0. The van der Waals surface area contributed by atoms with Crippen LogP contribution in [0.4, 0.5) is 0 Å². The van der Waals surface area contributed by atoms with Crippen LogP contribution in [0.2, 0.25) is 0 Å². The van der Waals surface area contributed by atoms with Crippen LogP contribution in [-0.4, -0.2) is 21.3 Å². The lowest BCUT2D eigenvalue weighted by Crippen LogP contribution is -2.26. The van der Waals surface area contributed by atoms with E-state index in [0.717, 1.165) is 35.6 Å². The molecule has 0 radical (unpaired) electrons. The van der Waals surface area contributed by atoms with Gasteiger partial charge in [-0.15, -0.1) is 5.10 Å². The standard InChI is InChI=1S/C14H21N3OS/c1-8-4-6-11(7-5-8)18-14-12(13(15)19)9(2)10(3)16-17-14/h8,11H,4-7H2,1-3H3,(H2,15,19). The summed E-state index contributed by atoms with van der Waals surface area (Å²) in [5, 5.41) is 8.25. The van der Waals surface area contributed by atoms with Gasteiger partial charge in [-0.2, -0.15) is 5.10 Å². The summed E-state index contributed by atoms with van der Waals surface area (Å²) in [5.41, 5.74) is 8.33. The molecule has 4 nitrogen and oxygen atoms in total. The molecule has 0 amide bonds. The fourth-order valence-electron chi connectivity index (χ4n) is 2.46. The Morgan fingerprint density at radius 2 is 1.84 bits per heavy atom. The van der Waals surface area contributed by atoms with E-state index in [2.05, 4.69) is 17.1 Å². The number of aromatic nitrogens is 2. The molecule has 104 valence electrons. The first-order valence-corrected chi connectivity index (χ1v) is 7.20. The fourth-order valence-corrected chi connectivity index (χ4v) is 2.71. The van der Waals surface area contributed by atoms with Crippen molar-refractivity contribution in [2.75, 3.05) is 0 Å². The SMILES string of the molecule is Cc1nnc(OC2CCC(C)CC2)c(C(N)=S)c1C. The molecule has 1 aromatic rings. The van der Waals surface area contributed by atoms with E-state index < -0.39 is 0 Å². The average Bonchev–Trinajstić information content (AvgIpc) is 2.36. The van der Waals surface area contributed by atoms with Gasteiger partial charge in [-0.25, -0.2) is 0 Å². The van der Waals surface area contributed by atoms with Crippen molar-refractivity contribution in [2.45, 2.75) is 52.6 Å². The molecule has 5 heteroatoms. The van der Waals surface area contributed by atoms with Crippen molar-refractivity contribution in [3.63, 3.8) is 0 Å². The minimum absolute atomic E-state index is 0.209. The largest absolute Gasteiger partial charge is 0.473 e. The first-order valence-electron chi connectivity index (χ1n) is 6.79. The van der Waals surface area contributed by atoms with Crippen molar-refractivity contribution in [3.05, 3.63) is 16.8 Å². The maximum absolute atomic E-state index is 5.99. The van der Waals surface area contributed by atoms with E-state index in [1.54, 1.807) is 0 Å². The quantitative estimate of drug-likeness (QED) is 0.862. The summed E-state index contributed by atoms with van der Waals surface area (Å²) in [7, 11) is 0. The van der Waals surface area contributed by atoms with Gasteiger partial charge < -0.3 is 10.5 Å². The van der Waals surface area contributed by atoms with Crippen LogP contribution in [0.1, 0.15) is 49.4 Å². The highest BCUT2D eigenvalue weighted by molar-refractivity contribution is 7.80. The monoisotopic (exact) mass is 279 g/mol. The second-order valence-corrected chi connectivity index (χ2v) is 5.89. The Kier molecular flexibility index (Phi) is 4.34. The normalized spacial score (nSPS) is 23.1. The molecular formula is C14H21N3OS. The first-order chi connectivity index (χ1) is 8.99. The summed E-state index contributed by atoms with van der Waals surface area (Å²) < 4.78 is 5.99. The molecule has 0 saturated heterocycles. The Balaban J connectivity index is 2.20. The average molecular weight is 279 g/mol. The molecule has 1 aliphatic carbocycles. The second-order valence-electron chi connectivity index (χ2n) is 5.45. The molecule has 19 heavy (non-hydrogen) atoms. The van der Waals surface area contributed by atoms with E-state index in [-0.39, 0.29) is 6.10 Å². The minimum Gasteiger partial charge on any atom is -0.473 e. The number of thiocarbonyl (C=S) groups is 1. The molecule has 0 bridgehead atoms. The Labute approximate surface area is 119 Å². The third kappa shape index (κ3) is 3.21. The van der Waals surface area contributed by atoms with E-state index in [1.165, 1.54) is 12.8 Å². The lowest BCUT2D eigenvalue weighted by molar-refractivity contribution is 0.128. The van der Waals surface area contributed by atoms with Crippen molar-refractivity contribution in [3.8, 4) is 5.88 Å². The predicted octanol–water partition coefficient (Wildman–Crippen LogP) is 2.69. The smallest absolute Gasteiger partial charge is 0.244 e. The molecule has 0 aromatic carbocycles. The Hall–Kier alpha value is -1.23. The maximum atomic E-state index is 5.99. The molecule has 1 aromatic heterocycles. The van der Waals surface area contributed by atoms with Crippen LogP contribution in [0, 0.1) is 19.8 Å². The molecule has 1 fully saturated rings. The van der Waals surface area contributed by atoms with Crippen molar-refractivity contribution in [1.82, 2.24) is 10.2 Å². The first kappa shape index (κ1) is 14.2. The van der Waals surface area contributed by atoms with Crippen LogP contribution in [0.15, 0.2) is 0 Å². The lowest BCUT2D eigenvalue weighted by atomic mass is 9.89. The summed E-state index contributed by atoms with van der Waals surface area (Å²) in [6.45, 7) is 6.14. The van der Waals surface area contributed by atoms with Gasteiger partial charge in [-0.05, 0) is 51.0 Å². The van der Waals surface area contributed by atoms with Crippen LogP contribution in [0.25, 0.3) is 0 Å². The number of hydrogen-bond acceptors (Lipinski definition) is 4. The van der Waals surface area contributed by atoms with Crippen LogP contribution >= 0.6 is 12.2 Å². The van der Waals surface area contributed by atoms with Crippen LogP contribution < -0.4 is 10.5 Å². The molecule has 0 unspecified atom stereocenters. The summed E-state index contributed by atoms with van der Waals surface area (Å²) in [5.74, 6) is 1.29. The van der Waals surface area contributed by atoms with Crippen molar-refractivity contribution >= 4 is 17.2 Å². The van der Waals surface area contributed by atoms with Gasteiger partial charge in [0.1, 0.15) is 11.1 Å². The van der Waals surface area contributed by atoms with Gasteiger partial charge in [-0.3, -0.25) is 0 Å². The van der Waals surface area contributed by atoms with Crippen molar-refractivity contribution < 1.29 is 4.74 Å². The van der Waals surface area contributed by atoms with E-state index in [9.17, 15) is 0 Å². The maximum Gasteiger partial charge on any atom is 0.244 e. The van der Waals surface area contributed by atoms with Crippen LogP contribution in [0.5, 0.6) is 5.88 Å². The molecule has 0 spiro atoms. The summed E-state index contributed by atoms with van der Waals surface area (Å²) in [4.78, 5) is 0.328. The number of ether oxygens (including phenoxy) is 1. The van der Waals surface area contributed by atoms with Gasteiger partial charge in [0.15, 0.2) is 0 Å². The topological polar surface area (TPSA) is 61.0 Å². The third-order valence-electron chi connectivity index (χ3n) is 3.91. The van der Waals surface area contributed by atoms with E-state index in [1.807, 2.05) is 13.8 Å². The zero-order valence-corrected chi connectivity index (χ0v) is 12.6. The number of hydrogen-bond donors (Lipinski definition) is 1. The highest BCUT2D eigenvalue weighted by Gasteiger charge is 2.23. The third-order valence-corrected chi connectivity index (χ3v) is 4.11. The van der Waals surface area contributed by atoms with Crippen LogP contribution in [0.3, 0.4) is 0 Å². The molecule has 1 saturated carbocycles. The summed E-state index contributed by atoms with van der Waals surface area (Å²) in [6.07, 6.45) is 4.73. The fraction of sp³-hybridized carbons (Fsp3) is 0.643. The highest BCUT2D eigenvalue weighted by atomic mass is 32.1. The molecule has 1 heterocycles. The molecule has 0 atom stereocenters. The number of nitrogens with zero attached hydrogens (tertiary/aromatic N) is 2.